The predicted molar refractivity (Wildman–Crippen MR) is 74.9 cm³/mol. The molecule has 0 aliphatic heterocycles. The number of ketones is 1. The molecule has 134 valence electrons. The number of aldehydes is 1. The molecular weight excluding hydrogens is 328 g/mol. The van der Waals surface area contributed by atoms with E-state index in [0.29, 0.717) is 4.90 Å². The van der Waals surface area contributed by atoms with Crippen LogP contribution in [0.3, 0.4) is 0 Å². The molecule has 0 saturated heterocycles. The Bertz CT molecular complexity index is 500. The van der Waals surface area contributed by atoms with Gasteiger partial charge in [0.05, 0.1) is 6.54 Å². The summed E-state index contributed by atoms with van der Waals surface area (Å²) in [4.78, 5) is 68.1. The van der Waals surface area contributed by atoms with Crippen LogP contribution in [0.2, 0.25) is 0 Å². The molecule has 24 heavy (non-hydrogen) atoms. The van der Waals surface area contributed by atoms with Gasteiger partial charge in [-0.15, -0.1) is 0 Å². The zero-order valence-corrected chi connectivity index (χ0v) is 13.5. The first-order chi connectivity index (χ1) is 11.2. The number of nitrogens with zero attached hydrogens (tertiary/aromatic N) is 2. The van der Waals surface area contributed by atoms with Crippen molar-refractivity contribution < 1.29 is 43.0 Å². The first kappa shape index (κ1) is 21.0. The molecule has 0 N–H and O–H groups in total. The van der Waals surface area contributed by atoms with Crippen molar-refractivity contribution in [2.45, 2.75) is 20.8 Å². The zero-order chi connectivity index (χ0) is 18.7. The van der Waals surface area contributed by atoms with Crippen molar-refractivity contribution in [2.24, 2.45) is 0 Å². The summed E-state index contributed by atoms with van der Waals surface area (Å²) in [6.07, 6.45) is -0.00345. The molecule has 0 saturated carbocycles. The summed E-state index contributed by atoms with van der Waals surface area (Å²) in [5.41, 5.74) is 0. The van der Waals surface area contributed by atoms with Gasteiger partial charge in [-0.3, -0.25) is 33.8 Å². The Morgan fingerprint density at radius 2 is 1.12 bits per heavy atom. The van der Waals surface area contributed by atoms with Crippen LogP contribution in [0, 0.1) is 0 Å². The molecule has 0 heterocycles. The lowest BCUT2D eigenvalue weighted by atomic mass is 10.4. The van der Waals surface area contributed by atoms with Gasteiger partial charge in [0.2, 0.25) is 5.78 Å². The molecule has 2 amide bonds. The predicted octanol–water partition coefficient (Wildman–Crippen LogP) is -0.960. The average Bonchev–Trinajstić information content (AvgIpc) is 2.49. The Balaban J connectivity index is 5.13. The lowest BCUT2D eigenvalue weighted by Crippen LogP contribution is -2.48. The fourth-order valence-corrected chi connectivity index (χ4v) is 1.25. The molecular formula is C13H18N2O9. The van der Waals surface area contributed by atoms with E-state index >= 15 is 0 Å². The summed E-state index contributed by atoms with van der Waals surface area (Å²) in [5, 5.41) is 0. The number of ether oxygens (including phenoxy) is 3. The van der Waals surface area contributed by atoms with E-state index in [1.807, 2.05) is 0 Å². The van der Waals surface area contributed by atoms with Crippen LogP contribution in [0.4, 0.5) is 4.79 Å². The normalized spacial score (nSPS) is 9.46. The van der Waals surface area contributed by atoms with E-state index in [2.05, 4.69) is 14.2 Å². The highest BCUT2D eigenvalue weighted by molar-refractivity contribution is 6.26. The number of carbonyl (C=O) groups is 6. The Morgan fingerprint density at radius 3 is 1.46 bits per heavy atom. The van der Waals surface area contributed by atoms with Crippen molar-refractivity contribution in [2.75, 3.05) is 26.7 Å². The number of Topliss-reactive ketones (excluding diaryl/α,β-unsaturated/α-hetero) is 1. The summed E-state index contributed by atoms with van der Waals surface area (Å²) in [6.45, 7) is 0.832. The first-order valence-electron chi connectivity index (χ1n) is 6.59. The van der Waals surface area contributed by atoms with Crippen LogP contribution >= 0.6 is 0 Å². The first-order valence-corrected chi connectivity index (χ1v) is 6.59. The maximum atomic E-state index is 12.3. The summed E-state index contributed by atoms with van der Waals surface area (Å²) in [6, 6.07) is -0.950. The van der Waals surface area contributed by atoms with Crippen molar-refractivity contribution in [1.29, 1.82) is 0 Å². The highest BCUT2D eigenvalue weighted by Crippen LogP contribution is 2.02. The van der Waals surface area contributed by atoms with Gasteiger partial charge >= 0.3 is 23.9 Å². The van der Waals surface area contributed by atoms with Gasteiger partial charge in [0.25, 0.3) is 0 Å². The average molecular weight is 346 g/mol. The molecule has 0 aromatic carbocycles. The number of esters is 3. The van der Waals surface area contributed by atoms with Crippen LogP contribution in [0.5, 0.6) is 0 Å². The summed E-state index contributed by atoms with van der Waals surface area (Å²) in [7, 11) is 0. The maximum Gasteiger partial charge on any atom is 0.328 e. The highest BCUT2D eigenvalue weighted by Gasteiger charge is 2.25. The minimum atomic E-state index is -0.950. The topological polar surface area (TPSA) is 137 Å². The van der Waals surface area contributed by atoms with E-state index in [0.717, 1.165) is 25.7 Å². The number of hydrogen-bond donors (Lipinski definition) is 0. The molecule has 0 atom stereocenters. The molecule has 0 radical (unpaired) electrons. The van der Waals surface area contributed by atoms with Crippen molar-refractivity contribution in [3.8, 4) is 0 Å². The highest BCUT2D eigenvalue weighted by atomic mass is 16.6. The molecule has 0 aliphatic rings. The van der Waals surface area contributed by atoms with Crippen LogP contribution in [-0.2, 0) is 38.2 Å². The SMILES string of the molecule is CC(=O)OCN(COC(C)=O)C(=O)N(COC(C)=O)CC(=O)C=O. The molecule has 0 spiro atoms. The van der Waals surface area contributed by atoms with Crippen LogP contribution in [0.25, 0.3) is 0 Å². The molecule has 11 heteroatoms. The van der Waals surface area contributed by atoms with Crippen LogP contribution in [-0.4, -0.2) is 72.5 Å². The summed E-state index contributed by atoms with van der Waals surface area (Å²) < 4.78 is 13.9. The van der Waals surface area contributed by atoms with E-state index in [4.69, 9.17) is 0 Å². The summed E-state index contributed by atoms with van der Waals surface area (Å²) in [5.74, 6) is -3.08. The second-order valence-corrected chi connectivity index (χ2v) is 4.40. The number of urea groups is 1. The molecule has 0 aliphatic carbocycles. The van der Waals surface area contributed by atoms with Crippen molar-refractivity contribution >= 4 is 36.0 Å². The fourth-order valence-electron chi connectivity index (χ4n) is 1.25. The van der Waals surface area contributed by atoms with Gasteiger partial charge in [-0.05, 0) is 0 Å². The third kappa shape index (κ3) is 9.12. The van der Waals surface area contributed by atoms with Crippen LogP contribution in [0.1, 0.15) is 20.8 Å². The zero-order valence-electron chi connectivity index (χ0n) is 13.5. The lowest BCUT2D eigenvalue weighted by molar-refractivity contribution is -0.152. The third-order valence-electron chi connectivity index (χ3n) is 2.29. The van der Waals surface area contributed by atoms with Gasteiger partial charge in [0.1, 0.15) is 0 Å². The molecule has 0 bridgehead atoms. The molecule has 11 nitrogen and oxygen atoms in total. The van der Waals surface area contributed by atoms with Gasteiger partial charge in [-0.1, -0.05) is 0 Å². The minimum Gasteiger partial charge on any atom is -0.444 e. The smallest absolute Gasteiger partial charge is 0.328 e. The molecule has 0 unspecified atom stereocenters. The van der Waals surface area contributed by atoms with Gasteiger partial charge in [-0.25, -0.2) is 4.79 Å². The quantitative estimate of drug-likeness (QED) is 0.170. The van der Waals surface area contributed by atoms with Crippen LogP contribution < -0.4 is 0 Å². The van der Waals surface area contributed by atoms with E-state index in [1.165, 1.54) is 0 Å². The standard InChI is InChI=1S/C13H18N2O9/c1-9(17)22-6-14(4-12(20)5-16)13(21)15(7-23-10(2)18)8-24-11(3)19/h5H,4,6-8H2,1-3H3. The summed E-state index contributed by atoms with van der Waals surface area (Å²) >= 11 is 0. The minimum absolute atomic E-state index is 0.00345. The van der Waals surface area contributed by atoms with Gasteiger partial charge < -0.3 is 14.2 Å². The lowest BCUT2D eigenvalue weighted by Gasteiger charge is -2.28. The third-order valence-corrected chi connectivity index (χ3v) is 2.29. The van der Waals surface area contributed by atoms with Gasteiger partial charge in [-0.2, -0.15) is 0 Å². The second-order valence-electron chi connectivity index (χ2n) is 4.40. The Labute approximate surface area is 137 Å². The van der Waals surface area contributed by atoms with Crippen molar-refractivity contribution in [1.82, 2.24) is 9.80 Å². The molecule has 0 aromatic heterocycles. The van der Waals surface area contributed by atoms with E-state index < -0.39 is 56.5 Å². The van der Waals surface area contributed by atoms with Gasteiger partial charge in [0.15, 0.2) is 26.5 Å². The maximum absolute atomic E-state index is 12.3. The number of carbonyl (C=O) groups excluding carboxylic acids is 6. The van der Waals surface area contributed by atoms with E-state index in [1.54, 1.807) is 0 Å². The van der Waals surface area contributed by atoms with Crippen molar-refractivity contribution in [3.63, 3.8) is 0 Å². The molecule has 0 fully saturated rings. The van der Waals surface area contributed by atoms with Crippen LogP contribution in [0.15, 0.2) is 0 Å². The number of rotatable bonds is 9. The van der Waals surface area contributed by atoms with Crippen molar-refractivity contribution in [3.05, 3.63) is 0 Å². The Kier molecular flexibility index (Phi) is 9.37. The monoisotopic (exact) mass is 346 g/mol. The second kappa shape index (κ2) is 10.7. The van der Waals surface area contributed by atoms with E-state index in [9.17, 15) is 28.8 Å². The fraction of sp³-hybridized carbons (Fsp3) is 0.538. The molecule has 0 aromatic rings. The number of hydrogen-bond acceptors (Lipinski definition) is 9. The Morgan fingerprint density at radius 1 is 0.750 bits per heavy atom. The number of amides is 2. The van der Waals surface area contributed by atoms with E-state index in [-0.39, 0.29) is 6.29 Å². The largest absolute Gasteiger partial charge is 0.444 e. The Hall–Kier alpha value is -2.98. The van der Waals surface area contributed by atoms with Gasteiger partial charge in [0, 0.05) is 20.8 Å². The molecule has 0 rings (SSSR count).